The van der Waals surface area contributed by atoms with Gasteiger partial charge < -0.3 is 0 Å². The van der Waals surface area contributed by atoms with Crippen LogP contribution >= 0.6 is 15.9 Å². The summed E-state index contributed by atoms with van der Waals surface area (Å²) in [5.41, 5.74) is 4.45. The monoisotopic (exact) mass is 352 g/mol. The van der Waals surface area contributed by atoms with E-state index in [1.165, 1.54) is 23.3 Å². The summed E-state index contributed by atoms with van der Waals surface area (Å²) in [6, 6.07) is 10.5. The molecule has 3 heteroatoms. The highest BCUT2D eigenvalue weighted by Gasteiger charge is 2.16. The van der Waals surface area contributed by atoms with E-state index in [1.54, 1.807) is 6.07 Å². The van der Waals surface area contributed by atoms with Crippen molar-refractivity contribution >= 4 is 15.9 Å². The van der Waals surface area contributed by atoms with Crippen LogP contribution in [0.5, 0.6) is 0 Å². The number of rotatable bonds is 5. The third-order valence-corrected chi connectivity index (χ3v) is 4.47. The van der Waals surface area contributed by atoms with E-state index in [1.807, 2.05) is 0 Å². The average molecular weight is 353 g/mol. The third-order valence-electron chi connectivity index (χ3n) is 3.91. The first-order valence-electron chi connectivity index (χ1n) is 7.11. The van der Waals surface area contributed by atoms with Gasteiger partial charge in [-0.2, -0.15) is 0 Å². The van der Waals surface area contributed by atoms with Crippen molar-refractivity contribution < 1.29 is 8.78 Å². The molecule has 0 aromatic heterocycles. The Labute approximate surface area is 133 Å². The zero-order valence-electron chi connectivity index (χ0n) is 12.3. The van der Waals surface area contributed by atoms with E-state index in [4.69, 9.17) is 0 Å². The summed E-state index contributed by atoms with van der Waals surface area (Å²) < 4.78 is 26.7. The second-order valence-electron chi connectivity index (χ2n) is 5.40. The summed E-state index contributed by atoms with van der Waals surface area (Å²) in [5.74, 6) is -1.48. The number of hydrogen-bond donors (Lipinski definition) is 0. The van der Waals surface area contributed by atoms with Crippen LogP contribution in [0.1, 0.15) is 41.0 Å². The van der Waals surface area contributed by atoms with Gasteiger partial charge in [0.25, 0.3) is 0 Å². The number of benzene rings is 2. The van der Waals surface area contributed by atoms with Crippen molar-refractivity contribution in [3.05, 3.63) is 70.3 Å². The SMILES string of the molecule is Cc1ccc([C@H](CCCBr)c2ccc(F)c(F)c2)cc1C. The Hall–Kier alpha value is -1.22. The molecule has 0 saturated heterocycles. The highest BCUT2D eigenvalue weighted by molar-refractivity contribution is 9.09. The molecule has 0 spiro atoms. The summed E-state index contributed by atoms with van der Waals surface area (Å²) in [4.78, 5) is 0. The van der Waals surface area contributed by atoms with Crippen molar-refractivity contribution in [3.8, 4) is 0 Å². The maximum absolute atomic E-state index is 13.5. The van der Waals surface area contributed by atoms with Gasteiger partial charge in [-0.05, 0) is 61.1 Å². The van der Waals surface area contributed by atoms with E-state index < -0.39 is 11.6 Å². The molecule has 0 fully saturated rings. The van der Waals surface area contributed by atoms with Crippen LogP contribution < -0.4 is 0 Å². The molecule has 0 heterocycles. The fourth-order valence-electron chi connectivity index (χ4n) is 2.52. The molecule has 0 amide bonds. The van der Waals surface area contributed by atoms with Gasteiger partial charge in [0.1, 0.15) is 0 Å². The molecule has 0 aliphatic carbocycles. The zero-order chi connectivity index (χ0) is 15.4. The smallest absolute Gasteiger partial charge is 0.159 e. The summed E-state index contributed by atoms with van der Waals surface area (Å²) in [6.45, 7) is 4.15. The van der Waals surface area contributed by atoms with Crippen molar-refractivity contribution in [2.45, 2.75) is 32.6 Å². The summed E-state index contributed by atoms with van der Waals surface area (Å²) in [5, 5.41) is 0.901. The highest BCUT2D eigenvalue weighted by atomic mass is 79.9. The van der Waals surface area contributed by atoms with Gasteiger partial charge in [0, 0.05) is 11.2 Å². The Morgan fingerprint density at radius 1 is 0.905 bits per heavy atom. The topological polar surface area (TPSA) is 0 Å². The van der Waals surface area contributed by atoms with E-state index in [0.717, 1.165) is 29.3 Å². The molecule has 0 unspecified atom stereocenters. The second-order valence-corrected chi connectivity index (χ2v) is 6.19. The molecule has 0 bridgehead atoms. The van der Waals surface area contributed by atoms with Gasteiger partial charge in [-0.3, -0.25) is 0 Å². The van der Waals surface area contributed by atoms with Crippen LogP contribution in [0.4, 0.5) is 8.78 Å². The summed E-state index contributed by atoms with van der Waals surface area (Å²) >= 11 is 3.44. The van der Waals surface area contributed by atoms with Crippen LogP contribution in [0.3, 0.4) is 0 Å². The van der Waals surface area contributed by atoms with Gasteiger partial charge in [-0.15, -0.1) is 0 Å². The molecule has 21 heavy (non-hydrogen) atoms. The van der Waals surface area contributed by atoms with Crippen molar-refractivity contribution in [1.29, 1.82) is 0 Å². The predicted molar refractivity (Wildman–Crippen MR) is 87.1 cm³/mol. The van der Waals surface area contributed by atoms with Crippen molar-refractivity contribution in [2.24, 2.45) is 0 Å². The molecule has 2 aromatic rings. The van der Waals surface area contributed by atoms with Gasteiger partial charge in [-0.25, -0.2) is 8.78 Å². The lowest BCUT2D eigenvalue weighted by Gasteiger charge is -2.19. The van der Waals surface area contributed by atoms with Gasteiger partial charge in [0.2, 0.25) is 0 Å². The zero-order valence-corrected chi connectivity index (χ0v) is 13.9. The Balaban J connectivity index is 2.41. The maximum atomic E-state index is 13.5. The predicted octanol–water partition coefficient (Wildman–Crippen LogP) is 5.89. The largest absolute Gasteiger partial charge is 0.204 e. The van der Waals surface area contributed by atoms with Gasteiger partial charge in [0.15, 0.2) is 11.6 Å². The van der Waals surface area contributed by atoms with E-state index in [9.17, 15) is 8.78 Å². The second kappa shape index (κ2) is 7.17. The number of halogens is 3. The molecule has 0 radical (unpaired) electrons. The fourth-order valence-corrected chi connectivity index (χ4v) is 2.84. The lowest BCUT2D eigenvalue weighted by Crippen LogP contribution is -2.04. The minimum absolute atomic E-state index is 0.0944. The quantitative estimate of drug-likeness (QED) is 0.588. The minimum atomic E-state index is -0.793. The highest BCUT2D eigenvalue weighted by Crippen LogP contribution is 2.31. The van der Waals surface area contributed by atoms with Gasteiger partial charge in [-0.1, -0.05) is 40.2 Å². The van der Waals surface area contributed by atoms with Crippen molar-refractivity contribution in [1.82, 2.24) is 0 Å². The molecular formula is C18H19BrF2. The molecule has 0 aliphatic rings. The van der Waals surface area contributed by atoms with Crippen LogP contribution in [0.25, 0.3) is 0 Å². The van der Waals surface area contributed by atoms with Gasteiger partial charge >= 0.3 is 0 Å². The lowest BCUT2D eigenvalue weighted by atomic mass is 9.86. The minimum Gasteiger partial charge on any atom is -0.204 e. The Morgan fingerprint density at radius 3 is 2.19 bits per heavy atom. The molecule has 1 atom stereocenters. The Bertz CT molecular complexity index is 571. The Kier molecular flexibility index (Phi) is 5.51. The van der Waals surface area contributed by atoms with Crippen LogP contribution in [0, 0.1) is 25.5 Å². The van der Waals surface area contributed by atoms with E-state index in [2.05, 4.69) is 48.0 Å². The van der Waals surface area contributed by atoms with Crippen LogP contribution in [-0.2, 0) is 0 Å². The lowest BCUT2D eigenvalue weighted by molar-refractivity contribution is 0.505. The summed E-state index contributed by atoms with van der Waals surface area (Å²) in [7, 11) is 0. The molecule has 2 rings (SSSR count). The Morgan fingerprint density at radius 2 is 1.57 bits per heavy atom. The normalized spacial score (nSPS) is 12.4. The molecule has 0 saturated carbocycles. The summed E-state index contributed by atoms with van der Waals surface area (Å²) in [6.07, 6.45) is 1.88. The first-order chi connectivity index (χ1) is 10.0. The van der Waals surface area contributed by atoms with Crippen molar-refractivity contribution in [2.75, 3.05) is 5.33 Å². The molecule has 2 aromatic carbocycles. The molecule has 112 valence electrons. The molecule has 0 N–H and O–H groups in total. The van der Waals surface area contributed by atoms with Crippen LogP contribution in [0.15, 0.2) is 36.4 Å². The number of hydrogen-bond acceptors (Lipinski definition) is 0. The molecular weight excluding hydrogens is 334 g/mol. The molecule has 0 aliphatic heterocycles. The fraction of sp³-hybridized carbons (Fsp3) is 0.333. The number of aryl methyl sites for hydroxylation is 2. The first kappa shape index (κ1) is 16.2. The van der Waals surface area contributed by atoms with E-state index >= 15 is 0 Å². The van der Waals surface area contributed by atoms with Crippen LogP contribution in [0.2, 0.25) is 0 Å². The van der Waals surface area contributed by atoms with E-state index in [-0.39, 0.29) is 5.92 Å². The maximum Gasteiger partial charge on any atom is 0.159 e. The van der Waals surface area contributed by atoms with Crippen LogP contribution in [-0.4, -0.2) is 5.33 Å². The number of alkyl halides is 1. The molecule has 0 nitrogen and oxygen atoms in total. The van der Waals surface area contributed by atoms with Crippen molar-refractivity contribution in [3.63, 3.8) is 0 Å². The first-order valence-corrected chi connectivity index (χ1v) is 8.23. The van der Waals surface area contributed by atoms with Gasteiger partial charge in [0.05, 0.1) is 0 Å². The standard InChI is InChI=1S/C18H19BrF2/c1-12-5-6-14(10-13(12)2)16(4-3-9-19)15-7-8-17(20)18(21)11-15/h5-8,10-11,16H,3-4,9H2,1-2H3/t16-/m0/s1. The average Bonchev–Trinajstić information content (AvgIpc) is 2.46. The van der Waals surface area contributed by atoms with E-state index in [0.29, 0.717) is 0 Å². The third kappa shape index (κ3) is 3.91.